The summed E-state index contributed by atoms with van der Waals surface area (Å²) in [6.45, 7) is 9.76. The summed E-state index contributed by atoms with van der Waals surface area (Å²) in [6.07, 6.45) is 3.33. The maximum atomic E-state index is 10.4. The Kier molecular flexibility index (Phi) is 5.37. The lowest BCUT2D eigenvalue weighted by atomic mass is 9.82. The molecule has 0 saturated heterocycles. The van der Waals surface area contributed by atoms with Crippen molar-refractivity contribution in [3.8, 4) is 5.75 Å². The molecule has 1 heterocycles. The van der Waals surface area contributed by atoms with Gasteiger partial charge in [0.1, 0.15) is 5.75 Å². The van der Waals surface area contributed by atoms with Crippen LogP contribution < -0.4 is 4.74 Å². The van der Waals surface area contributed by atoms with Crippen LogP contribution in [0.5, 0.6) is 5.75 Å². The van der Waals surface area contributed by atoms with Crippen molar-refractivity contribution in [1.29, 1.82) is 0 Å². The fourth-order valence-electron chi connectivity index (χ4n) is 3.43. The molecule has 2 rings (SSSR count). The molecule has 1 aromatic rings. The largest absolute Gasteiger partial charge is 0.493 e. The SMILES string of the molecule is CC(CC(O)Cc1cc(Br)cc2c1OCC2)CC(C)(C)C. The Morgan fingerprint density at radius 2 is 2.05 bits per heavy atom. The Labute approximate surface area is 137 Å². The molecule has 0 fully saturated rings. The summed E-state index contributed by atoms with van der Waals surface area (Å²) in [4.78, 5) is 0. The number of ether oxygens (including phenoxy) is 1. The van der Waals surface area contributed by atoms with Crippen LogP contribution in [-0.4, -0.2) is 17.8 Å². The van der Waals surface area contributed by atoms with Gasteiger partial charge in [0, 0.05) is 17.3 Å². The Balaban J connectivity index is 1.99. The molecule has 1 aliphatic rings. The van der Waals surface area contributed by atoms with E-state index in [4.69, 9.17) is 4.74 Å². The number of aliphatic hydroxyl groups is 1. The molecule has 1 N–H and O–H groups in total. The number of rotatable bonds is 5. The third-order valence-corrected chi connectivity index (χ3v) is 4.37. The molecular formula is C18H27BrO2. The van der Waals surface area contributed by atoms with Crippen molar-refractivity contribution in [3.05, 3.63) is 27.7 Å². The summed E-state index contributed by atoms with van der Waals surface area (Å²) in [7, 11) is 0. The highest BCUT2D eigenvalue weighted by molar-refractivity contribution is 9.10. The second-order valence-corrected chi connectivity index (χ2v) is 8.53. The molecule has 1 aromatic carbocycles. The molecule has 0 bridgehead atoms. The molecule has 2 atom stereocenters. The van der Waals surface area contributed by atoms with Gasteiger partial charge in [-0.1, -0.05) is 43.6 Å². The lowest BCUT2D eigenvalue weighted by Crippen LogP contribution is -2.19. The van der Waals surface area contributed by atoms with Crippen molar-refractivity contribution in [2.24, 2.45) is 11.3 Å². The molecule has 2 nitrogen and oxygen atoms in total. The van der Waals surface area contributed by atoms with E-state index in [2.05, 4.69) is 55.8 Å². The minimum absolute atomic E-state index is 0.301. The predicted molar refractivity (Wildman–Crippen MR) is 90.9 cm³/mol. The van der Waals surface area contributed by atoms with Crippen LogP contribution in [0.25, 0.3) is 0 Å². The van der Waals surface area contributed by atoms with Crippen LogP contribution in [0, 0.1) is 11.3 Å². The van der Waals surface area contributed by atoms with Crippen molar-refractivity contribution >= 4 is 15.9 Å². The van der Waals surface area contributed by atoms with Gasteiger partial charge in [0.05, 0.1) is 12.7 Å². The number of fused-ring (bicyclic) bond motifs is 1. The first-order valence-corrected chi connectivity index (χ1v) is 8.66. The first-order valence-electron chi connectivity index (χ1n) is 7.87. The average molecular weight is 355 g/mol. The van der Waals surface area contributed by atoms with E-state index in [-0.39, 0.29) is 6.10 Å². The van der Waals surface area contributed by atoms with Gasteiger partial charge in [-0.3, -0.25) is 0 Å². The van der Waals surface area contributed by atoms with E-state index < -0.39 is 0 Å². The quantitative estimate of drug-likeness (QED) is 0.826. The van der Waals surface area contributed by atoms with E-state index in [1.165, 1.54) is 5.56 Å². The summed E-state index contributed by atoms with van der Waals surface area (Å²) < 4.78 is 6.82. The number of benzene rings is 1. The van der Waals surface area contributed by atoms with Crippen LogP contribution >= 0.6 is 15.9 Å². The third kappa shape index (κ3) is 5.00. The number of aliphatic hydroxyl groups excluding tert-OH is 1. The standard InChI is InChI=1S/C18H27BrO2/c1-12(11-18(2,3)4)7-16(20)10-14-9-15(19)8-13-5-6-21-17(13)14/h8-9,12,16,20H,5-7,10-11H2,1-4H3. The average Bonchev–Trinajstić information content (AvgIpc) is 2.73. The molecule has 0 aromatic heterocycles. The zero-order chi connectivity index (χ0) is 15.6. The summed E-state index contributed by atoms with van der Waals surface area (Å²) in [5.41, 5.74) is 2.71. The van der Waals surface area contributed by atoms with E-state index in [1.807, 2.05) is 0 Å². The smallest absolute Gasteiger partial charge is 0.125 e. The predicted octanol–water partition coefficient (Wildman–Crippen LogP) is 4.75. The Hall–Kier alpha value is -0.540. The second-order valence-electron chi connectivity index (χ2n) is 7.62. The van der Waals surface area contributed by atoms with Gasteiger partial charge in [0.2, 0.25) is 0 Å². The van der Waals surface area contributed by atoms with Gasteiger partial charge >= 0.3 is 0 Å². The monoisotopic (exact) mass is 354 g/mol. The molecule has 0 radical (unpaired) electrons. The highest BCUT2D eigenvalue weighted by Gasteiger charge is 2.22. The minimum atomic E-state index is -0.301. The number of hydrogen-bond acceptors (Lipinski definition) is 2. The Morgan fingerprint density at radius 3 is 2.71 bits per heavy atom. The van der Waals surface area contributed by atoms with Gasteiger partial charge in [-0.25, -0.2) is 0 Å². The summed E-state index contributed by atoms with van der Waals surface area (Å²) in [5.74, 6) is 1.53. The Morgan fingerprint density at radius 1 is 1.33 bits per heavy atom. The van der Waals surface area contributed by atoms with Gasteiger partial charge in [0.25, 0.3) is 0 Å². The molecule has 3 heteroatoms. The molecule has 0 saturated carbocycles. The van der Waals surface area contributed by atoms with Crippen molar-refractivity contribution in [3.63, 3.8) is 0 Å². The van der Waals surface area contributed by atoms with Crippen LogP contribution in [0.3, 0.4) is 0 Å². The van der Waals surface area contributed by atoms with E-state index in [0.717, 1.165) is 41.7 Å². The topological polar surface area (TPSA) is 29.5 Å². The normalized spacial score (nSPS) is 17.2. The molecule has 1 aliphatic heterocycles. The summed E-state index contributed by atoms with van der Waals surface area (Å²) in [6, 6.07) is 4.21. The highest BCUT2D eigenvalue weighted by Crippen LogP contribution is 2.34. The van der Waals surface area contributed by atoms with E-state index >= 15 is 0 Å². The van der Waals surface area contributed by atoms with Gasteiger partial charge in [-0.2, -0.15) is 0 Å². The van der Waals surface area contributed by atoms with Crippen molar-refractivity contribution in [1.82, 2.24) is 0 Å². The summed E-state index contributed by atoms with van der Waals surface area (Å²) in [5, 5.41) is 10.4. The number of halogens is 1. The van der Waals surface area contributed by atoms with Gasteiger partial charge in [-0.15, -0.1) is 0 Å². The van der Waals surface area contributed by atoms with Gasteiger partial charge in [-0.05, 0) is 47.4 Å². The summed E-state index contributed by atoms with van der Waals surface area (Å²) >= 11 is 3.56. The maximum Gasteiger partial charge on any atom is 0.125 e. The van der Waals surface area contributed by atoms with Crippen molar-refractivity contribution < 1.29 is 9.84 Å². The zero-order valence-corrected chi connectivity index (χ0v) is 15.2. The highest BCUT2D eigenvalue weighted by atomic mass is 79.9. The third-order valence-electron chi connectivity index (χ3n) is 3.92. The van der Waals surface area contributed by atoms with Crippen LogP contribution in [0.15, 0.2) is 16.6 Å². The zero-order valence-electron chi connectivity index (χ0n) is 13.6. The minimum Gasteiger partial charge on any atom is -0.493 e. The molecular weight excluding hydrogens is 328 g/mol. The number of hydrogen-bond donors (Lipinski definition) is 1. The Bertz CT molecular complexity index is 491. The van der Waals surface area contributed by atoms with E-state index in [9.17, 15) is 5.11 Å². The molecule has 0 aliphatic carbocycles. The van der Waals surface area contributed by atoms with E-state index in [1.54, 1.807) is 0 Å². The van der Waals surface area contributed by atoms with Crippen molar-refractivity contribution in [2.75, 3.05) is 6.61 Å². The lowest BCUT2D eigenvalue weighted by Gasteiger charge is -2.25. The molecule has 2 unspecified atom stereocenters. The van der Waals surface area contributed by atoms with Crippen molar-refractivity contribution in [2.45, 2.75) is 59.5 Å². The van der Waals surface area contributed by atoms with Crippen LogP contribution in [0.2, 0.25) is 0 Å². The second kappa shape index (κ2) is 6.70. The molecule has 21 heavy (non-hydrogen) atoms. The first-order chi connectivity index (χ1) is 9.74. The molecule has 0 amide bonds. The molecule has 118 valence electrons. The fraction of sp³-hybridized carbons (Fsp3) is 0.667. The fourth-order valence-corrected chi connectivity index (χ4v) is 3.98. The van der Waals surface area contributed by atoms with Crippen LogP contribution in [0.1, 0.15) is 51.7 Å². The van der Waals surface area contributed by atoms with E-state index in [0.29, 0.717) is 17.8 Å². The van der Waals surface area contributed by atoms with Gasteiger partial charge < -0.3 is 9.84 Å². The van der Waals surface area contributed by atoms with Crippen LogP contribution in [0.4, 0.5) is 0 Å². The lowest BCUT2D eigenvalue weighted by molar-refractivity contribution is 0.132. The first kappa shape index (κ1) is 16.8. The van der Waals surface area contributed by atoms with Gasteiger partial charge in [0.15, 0.2) is 0 Å². The molecule has 0 spiro atoms. The van der Waals surface area contributed by atoms with Crippen LogP contribution in [-0.2, 0) is 12.8 Å². The maximum absolute atomic E-state index is 10.4.